The molecule has 0 aliphatic carbocycles. The lowest BCUT2D eigenvalue weighted by atomic mass is 10.0. The van der Waals surface area contributed by atoms with Gasteiger partial charge in [0.2, 0.25) is 0 Å². The average molecular weight is 218 g/mol. The van der Waals surface area contributed by atoms with Crippen LogP contribution in [0.3, 0.4) is 0 Å². The summed E-state index contributed by atoms with van der Waals surface area (Å²) in [5.74, 6) is 2.33. The van der Waals surface area contributed by atoms with Crippen LogP contribution in [0, 0.1) is 5.92 Å². The van der Waals surface area contributed by atoms with Gasteiger partial charge in [0.05, 0.1) is 0 Å². The van der Waals surface area contributed by atoms with Crippen molar-refractivity contribution in [3.63, 3.8) is 0 Å². The van der Waals surface area contributed by atoms with Crippen LogP contribution >= 0.6 is 0 Å². The first-order valence-electron chi connectivity index (χ1n) is 5.53. The molecule has 1 unspecified atom stereocenters. The van der Waals surface area contributed by atoms with Crippen LogP contribution in [-0.2, 0) is 10.8 Å². The minimum atomic E-state index is -0.554. The van der Waals surface area contributed by atoms with Crippen LogP contribution in [-0.4, -0.2) is 46.8 Å². The maximum absolute atomic E-state index is 11.1. The smallest absolute Gasteiger partial charge is 0.0363 e. The highest BCUT2D eigenvalue weighted by atomic mass is 32.2. The predicted octanol–water partition coefficient (Wildman–Crippen LogP) is 0.426. The molecule has 1 aliphatic heterocycles. The SMILES string of the molecule is CCCC(CN)CN1CCS(=O)CC1. The molecule has 3 nitrogen and oxygen atoms in total. The Hall–Kier alpha value is 0.0700. The lowest BCUT2D eigenvalue weighted by Crippen LogP contribution is -2.41. The van der Waals surface area contributed by atoms with Crippen LogP contribution in [0.2, 0.25) is 0 Å². The molecule has 0 aromatic rings. The molecule has 4 heteroatoms. The molecule has 1 heterocycles. The number of nitrogens with two attached hydrogens (primary N) is 1. The Balaban J connectivity index is 2.24. The molecule has 1 saturated heterocycles. The van der Waals surface area contributed by atoms with Crippen LogP contribution in [0.25, 0.3) is 0 Å². The van der Waals surface area contributed by atoms with Crippen molar-refractivity contribution < 1.29 is 4.21 Å². The van der Waals surface area contributed by atoms with E-state index >= 15 is 0 Å². The van der Waals surface area contributed by atoms with E-state index in [1.807, 2.05) is 0 Å². The van der Waals surface area contributed by atoms with Gasteiger partial charge in [0.1, 0.15) is 0 Å². The molecule has 14 heavy (non-hydrogen) atoms. The summed E-state index contributed by atoms with van der Waals surface area (Å²) >= 11 is 0. The van der Waals surface area contributed by atoms with Crippen LogP contribution in [0.1, 0.15) is 19.8 Å². The maximum Gasteiger partial charge on any atom is 0.0363 e. The average Bonchev–Trinajstić information content (AvgIpc) is 2.20. The molecule has 1 aliphatic rings. The summed E-state index contributed by atoms with van der Waals surface area (Å²) in [5.41, 5.74) is 5.72. The third-order valence-electron chi connectivity index (χ3n) is 2.82. The van der Waals surface area contributed by atoms with Gasteiger partial charge in [-0.05, 0) is 18.9 Å². The summed E-state index contributed by atoms with van der Waals surface area (Å²) in [6.07, 6.45) is 2.43. The summed E-state index contributed by atoms with van der Waals surface area (Å²) in [6, 6.07) is 0. The summed E-state index contributed by atoms with van der Waals surface area (Å²) in [4.78, 5) is 2.41. The molecule has 2 N–H and O–H groups in total. The van der Waals surface area contributed by atoms with E-state index < -0.39 is 10.8 Å². The second-order valence-corrected chi connectivity index (χ2v) is 5.74. The molecule has 0 bridgehead atoms. The number of rotatable bonds is 5. The van der Waals surface area contributed by atoms with Gasteiger partial charge in [0, 0.05) is 41.9 Å². The van der Waals surface area contributed by atoms with Gasteiger partial charge in [-0.1, -0.05) is 13.3 Å². The first-order chi connectivity index (χ1) is 6.76. The minimum Gasteiger partial charge on any atom is -0.330 e. The Kier molecular flexibility index (Phi) is 5.67. The molecule has 0 radical (unpaired) electrons. The topological polar surface area (TPSA) is 46.3 Å². The van der Waals surface area contributed by atoms with Crippen molar-refractivity contribution in [3.05, 3.63) is 0 Å². The summed E-state index contributed by atoms with van der Waals surface area (Å²) in [7, 11) is -0.554. The van der Waals surface area contributed by atoms with E-state index in [1.54, 1.807) is 0 Å². The third-order valence-corrected chi connectivity index (χ3v) is 4.09. The maximum atomic E-state index is 11.1. The fourth-order valence-corrected chi connectivity index (χ4v) is 3.04. The van der Waals surface area contributed by atoms with Gasteiger partial charge in [0.15, 0.2) is 0 Å². The molecule has 0 saturated carbocycles. The largest absolute Gasteiger partial charge is 0.330 e. The van der Waals surface area contributed by atoms with E-state index in [-0.39, 0.29) is 0 Å². The molecule has 0 aromatic heterocycles. The van der Waals surface area contributed by atoms with Crippen molar-refractivity contribution in [2.45, 2.75) is 19.8 Å². The fraction of sp³-hybridized carbons (Fsp3) is 1.00. The molecule has 84 valence electrons. The van der Waals surface area contributed by atoms with Crippen molar-refractivity contribution in [1.29, 1.82) is 0 Å². The zero-order valence-electron chi connectivity index (χ0n) is 9.08. The van der Waals surface area contributed by atoms with Crippen molar-refractivity contribution in [1.82, 2.24) is 4.90 Å². The zero-order valence-corrected chi connectivity index (χ0v) is 9.89. The van der Waals surface area contributed by atoms with Crippen LogP contribution in [0.4, 0.5) is 0 Å². The summed E-state index contributed by atoms with van der Waals surface area (Å²) in [6.45, 7) is 6.07. The normalized spacial score (nSPS) is 22.4. The Morgan fingerprint density at radius 2 is 2.07 bits per heavy atom. The minimum absolute atomic E-state index is 0.554. The Morgan fingerprint density at radius 1 is 1.43 bits per heavy atom. The fourth-order valence-electron chi connectivity index (χ4n) is 1.92. The number of hydrogen-bond donors (Lipinski definition) is 1. The van der Waals surface area contributed by atoms with Crippen LogP contribution in [0.15, 0.2) is 0 Å². The lowest BCUT2D eigenvalue weighted by Gasteiger charge is -2.29. The van der Waals surface area contributed by atoms with Gasteiger partial charge in [0.25, 0.3) is 0 Å². The lowest BCUT2D eigenvalue weighted by molar-refractivity contribution is 0.244. The van der Waals surface area contributed by atoms with Gasteiger partial charge in [-0.25, -0.2) is 0 Å². The molecule has 0 spiro atoms. The van der Waals surface area contributed by atoms with Crippen molar-refractivity contribution in [3.8, 4) is 0 Å². The van der Waals surface area contributed by atoms with E-state index in [4.69, 9.17) is 5.73 Å². The molecule has 0 amide bonds. The first-order valence-corrected chi connectivity index (χ1v) is 7.02. The van der Waals surface area contributed by atoms with Crippen LogP contribution in [0.5, 0.6) is 0 Å². The molecule has 1 fully saturated rings. The monoisotopic (exact) mass is 218 g/mol. The zero-order chi connectivity index (χ0) is 10.4. The summed E-state index contributed by atoms with van der Waals surface area (Å²) < 4.78 is 11.1. The van der Waals surface area contributed by atoms with Gasteiger partial charge in [-0.15, -0.1) is 0 Å². The quantitative estimate of drug-likeness (QED) is 0.728. The standard InChI is InChI=1S/C10H22N2OS/c1-2-3-10(8-11)9-12-4-6-14(13)7-5-12/h10H,2-9,11H2,1H3. The van der Waals surface area contributed by atoms with Crippen LogP contribution < -0.4 is 5.73 Å². The second-order valence-electron chi connectivity index (χ2n) is 4.04. The van der Waals surface area contributed by atoms with E-state index in [0.29, 0.717) is 5.92 Å². The van der Waals surface area contributed by atoms with Crippen molar-refractivity contribution in [2.24, 2.45) is 11.7 Å². The van der Waals surface area contributed by atoms with Gasteiger partial charge < -0.3 is 10.6 Å². The molecule has 1 rings (SSSR count). The Labute approximate surface area is 89.5 Å². The van der Waals surface area contributed by atoms with Gasteiger partial charge in [-0.3, -0.25) is 4.21 Å². The highest BCUT2D eigenvalue weighted by molar-refractivity contribution is 7.85. The Morgan fingerprint density at radius 3 is 2.57 bits per heavy atom. The van der Waals surface area contributed by atoms with E-state index in [1.165, 1.54) is 12.8 Å². The molecule has 0 aromatic carbocycles. The van der Waals surface area contributed by atoms with Crippen molar-refractivity contribution >= 4 is 10.8 Å². The summed E-state index contributed by atoms with van der Waals surface area (Å²) in [5, 5.41) is 0. The van der Waals surface area contributed by atoms with E-state index in [2.05, 4.69) is 11.8 Å². The number of nitrogens with zero attached hydrogens (tertiary/aromatic N) is 1. The molecule has 1 atom stereocenters. The Bertz CT molecular complexity index is 177. The third kappa shape index (κ3) is 4.07. The first kappa shape index (κ1) is 12.1. The van der Waals surface area contributed by atoms with Gasteiger partial charge in [-0.2, -0.15) is 0 Å². The van der Waals surface area contributed by atoms with Gasteiger partial charge >= 0.3 is 0 Å². The second kappa shape index (κ2) is 6.53. The number of hydrogen-bond acceptors (Lipinski definition) is 3. The van der Waals surface area contributed by atoms with E-state index in [0.717, 1.165) is 37.7 Å². The molecular formula is C10H22N2OS. The highest BCUT2D eigenvalue weighted by Gasteiger charge is 2.17. The van der Waals surface area contributed by atoms with E-state index in [9.17, 15) is 4.21 Å². The molecular weight excluding hydrogens is 196 g/mol. The highest BCUT2D eigenvalue weighted by Crippen LogP contribution is 2.09. The van der Waals surface area contributed by atoms with Crippen molar-refractivity contribution in [2.75, 3.05) is 37.7 Å². The predicted molar refractivity (Wildman–Crippen MR) is 61.8 cm³/mol.